The molecule has 1 aromatic rings. The fourth-order valence-corrected chi connectivity index (χ4v) is 3.46. The molecule has 1 amide bonds. The molecule has 0 spiro atoms. The number of likely N-dealkylation sites (tertiary alicyclic amines) is 1. The zero-order chi connectivity index (χ0) is 16.2. The number of nitrogens with zero attached hydrogens (tertiary/aromatic N) is 3. The first-order valence-corrected chi connectivity index (χ1v) is 7.52. The predicted octanol–water partition coefficient (Wildman–Crippen LogP) is 2.46. The third kappa shape index (κ3) is 2.17. The highest BCUT2D eigenvalue weighted by Crippen LogP contribution is 2.52. The number of carbonyl (C=O) groups excluding carboxylic acids is 1. The minimum Gasteiger partial charge on any atom is -0.467 e. The van der Waals surface area contributed by atoms with E-state index >= 15 is 0 Å². The van der Waals surface area contributed by atoms with Crippen LogP contribution in [-0.2, 0) is 13.1 Å². The van der Waals surface area contributed by atoms with Crippen molar-refractivity contribution in [3.63, 3.8) is 0 Å². The molecule has 6 nitrogen and oxygen atoms in total. The number of carbonyl (C=O) groups is 1. The van der Waals surface area contributed by atoms with Crippen LogP contribution < -0.4 is 5.32 Å². The second-order valence-corrected chi connectivity index (χ2v) is 6.15. The van der Waals surface area contributed by atoms with Gasteiger partial charge in [0.2, 0.25) is 0 Å². The Morgan fingerprint density at radius 1 is 1.30 bits per heavy atom. The highest BCUT2D eigenvalue weighted by Gasteiger charge is 2.68. The Kier molecular flexibility index (Phi) is 3.06. The molecule has 3 aliphatic heterocycles. The lowest BCUT2D eigenvalue weighted by Gasteiger charge is -2.34. The van der Waals surface area contributed by atoms with Gasteiger partial charge in [0, 0.05) is 31.1 Å². The number of hydrogen-bond acceptors (Lipinski definition) is 5. The molecule has 0 unspecified atom stereocenters. The van der Waals surface area contributed by atoms with E-state index in [9.17, 15) is 18.0 Å². The molecule has 4 rings (SSSR count). The highest BCUT2D eigenvalue weighted by atomic mass is 19.4. The number of alkyl halides is 3. The number of piperidine rings is 1. The molecule has 4 heterocycles. The molecule has 1 aromatic heterocycles. The number of furan rings is 1. The monoisotopic (exact) mass is 328 g/mol. The van der Waals surface area contributed by atoms with Crippen LogP contribution in [0.15, 0.2) is 20.9 Å². The van der Waals surface area contributed by atoms with Gasteiger partial charge in [-0.25, -0.2) is 0 Å². The topological polar surface area (TPSA) is 70.2 Å². The van der Waals surface area contributed by atoms with Crippen LogP contribution >= 0.6 is 0 Å². The minimum atomic E-state index is -4.44. The molecule has 0 bridgehead atoms. The molecule has 23 heavy (non-hydrogen) atoms. The molecule has 1 N–H and O–H groups in total. The third-order valence-corrected chi connectivity index (χ3v) is 4.88. The van der Waals surface area contributed by atoms with Gasteiger partial charge in [-0.1, -0.05) is 0 Å². The predicted molar refractivity (Wildman–Crippen MR) is 71.5 cm³/mol. The summed E-state index contributed by atoms with van der Waals surface area (Å²) >= 11 is 0. The molecule has 0 saturated carbocycles. The maximum atomic E-state index is 13.0. The Labute approximate surface area is 129 Å². The van der Waals surface area contributed by atoms with E-state index in [1.807, 2.05) is 0 Å². The van der Waals surface area contributed by atoms with E-state index in [1.54, 1.807) is 4.90 Å². The van der Waals surface area contributed by atoms with Gasteiger partial charge in [-0.3, -0.25) is 4.79 Å². The zero-order valence-corrected chi connectivity index (χ0v) is 12.2. The summed E-state index contributed by atoms with van der Waals surface area (Å²) in [6, 6.07) is 0. The largest absolute Gasteiger partial charge is 0.467 e. The van der Waals surface area contributed by atoms with Crippen molar-refractivity contribution < 1.29 is 22.4 Å². The van der Waals surface area contributed by atoms with E-state index in [4.69, 9.17) is 4.42 Å². The third-order valence-electron chi connectivity index (χ3n) is 4.88. The number of nitrogens with one attached hydrogen (secondary N) is 1. The molecule has 124 valence electrons. The SMILES string of the molecule is O=C(c1coc2c1CNC2)N1CCC(C2(C(F)(F)F)N=N2)CC1. The summed E-state index contributed by atoms with van der Waals surface area (Å²) in [5, 5.41) is 9.64. The number of fused-ring (bicyclic) bond motifs is 1. The van der Waals surface area contributed by atoms with Crippen LogP contribution in [0.4, 0.5) is 13.2 Å². The van der Waals surface area contributed by atoms with Gasteiger partial charge in [-0.15, -0.1) is 10.2 Å². The Bertz CT molecular complexity index is 668. The molecule has 0 radical (unpaired) electrons. The van der Waals surface area contributed by atoms with Gasteiger partial charge in [0.25, 0.3) is 11.6 Å². The molecular formula is C14H15F3N4O2. The lowest BCUT2D eigenvalue weighted by atomic mass is 9.86. The molecule has 9 heteroatoms. The van der Waals surface area contributed by atoms with Crippen LogP contribution in [0.2, 0.25) is 0 Å². The molecule has 1 fully saturated rings. The standard InChI is InChI=1S/C14H15F3N4O2/c15-14(16,17)13(19-20-13)8-1-3-21(4-2-8)12(22)10-7-23-11-6-18-5-9(10)11/h7-8,18H,1-6H2. The number of amides is 1. The summed E-state index contributed by atoms with van der Waals surface area (Å²) < 4.78 is 44.4. The maximum absolute atomic E-state index is 13.0. The summed E-state index contributed by atoms with van der Waals surface area (Å²) in [7, 11) is 0. The first kappa shape index (κ1) is 14.7. The highest BCUT2D eigenvalue weighted by molar-refractivity contribution is 5.95. The molecule has 1 saturated heterocycles. The van der Waals surface area contributed by atoms with Gasteiger partial charge in [0.1, 0.15) is 12.0 Å². The van der Waals surface area contributed by atoms with Gasteiger partial charge >= 0.3 is 6.18 Å². The van der Waals surface area contributed by atoms with E-state index in [0.717, 1.165) is 11.3 Å². The average molecular weight is 328 g/mol. The van der Waals surface area contributed by atoms with Crippen LogP contribution in [0.1, 0.15) is 34.5 Å². The minimum absolute atomic E-state index is 0.178. The van der Waals surface area contributed by atoms with Crippen molar-refractivity contribution in [1.82, 2.24) is 10.2 Å². The van der Waals surface area contributed by atoms with Crippen LogP contribution in [0.25, 0.3) is 0 Å². The smallest absolute Gasteiger partial charge is 0.437 e. The Morgan fingerprint density at radius 2 is 2.00 bits per heavy atom. The van der Waals surface area contributed by atoms with Crippen molar-refractivity contribution in [2.45, 2.75) is 37.8 Å². The van der Waals surface area contributed by atoms with Gasteiger partial charge < -0.3 is 14.6 Å². The number of hydrogen-bond donors (Lipinski definition) is 1. The normalized spacial score (nSPS) is 23.2. The van der Waals surface area contributed by atoms with Crippen LogP contribution in [0, 0.1) is 5.92 Å². The van der Waals surface area contributed by atoms with Crippen molar-refractivity contribution in [3.05, 3.63) is 23.2 Å². The first-order valence-electron chi connectivity index (χ1n) is 7.52. The van der Waals surface area contributed by atoms with E-state index in [-0.39, 0.29) is 31.8 Å². The lowest BCUT2D eigenvalue weighted by molar-refractivity contribution is -0.179. The van der Waals surface area contributed by atoms with E-state index in [1.165, 1.54) is 6.26 Å². The summed E-state index contributed by atoms with van der Waals surface area (Å²) in [5.41, 5.74) is -0.853. The Morgan fingerprint density at radius 3 is 2.61 bits per heavy atom. The van der Waals surface area contributed by atoms with Crippen LogP contribution in [-0.4, -0.2) is 35.7 Å². The van der Waals surface area contributed by atoms with Crippen molar-refractivity contribution in [1.29, 1.82) is 0 Å². The van der Waals surface area contributed by atoms with Gasteiger partial charge in [0.15, 0.2) is 0 Å². The average Bonchev–Trinajstić information content (AvgIpc) is 3.06. The molecule has 0 atom stereocenters. The van der Waals surface area contributed by atoms with Crippen molar-refractivity contribution in [3.8, 4) is 0 Å². The van der Waals surface area contributed by atoms with Gasteiger partial charge in [-0.05, 0) is 12.8 Å². The van der Waals surface area contributed by atoms with Gasteiger partial charge in [-0.2, -0.15) is 13.2 Å². The fourth-order valence-electron chi connectivity index (χ4n) is 3.46. The van der Waals surface area contributed by atoms with Crippen LogP contribution in [0.3, 0.4) is 0 Å². The first-order chi connectivity index (χ1) is 10.9. The van der Waals surface area contributed by atoms with E-state index in [2.05, 4.69) is 15.5 Å². The van der Waals surface area contributed by atoms with Crippen molar-refractivity contribution in [2.24, 2.45) is 16.1 Å². The Balaban J connectivity index is 1.43. The fraction of sp³-hybridized carbons (Fsp3) is 0.643. The molecule has 0 aromatic carbocycles. The molecule has 3 aliphatic rings. The quantitative estimate of drug-likeness (QED) is 0.906. The summed E-state index contributed by atoms with van der Waals surface area (Å²) in [5.74, 6) is -0.0963. The van der Waals surface area contributed by atoms with E-state index in [0.29, 0.717) is 18.7 Å². The van der Waals surface area contributed by atoms with Gasteiger partial charge in [0.05, 0.1) is 12.1 Å². The molecule has 0 aliphatic carbocycles. The lowest BCUT2D eigenvalue weighted by Crippen LogP contribution is -2.47. The van der Waals surface area contributed by atoms with Crippen molar-refractivity contribution >= 4 is 5.91 Å². The van der Waals surface area contributed by atoms with Crippen molar-refractivity contribution in [2.75, 3.05) is 13.1 Å². The maximum Gasteiger partial charge on any atom is 0.437 e. The second-order valence-electron chi connectivity index (χ2n) is 6.15. The van der Waals surface area contributed by atoms with E-state index < -0.39 is 17.8 Å². The zero-order valence-electron chi connectivity index (χ0n) is 12.2. The molecular weight excluding hydrogens is 313 g/mol. The number of rotatable bonds is 2. The second kappa shape index (κ2) is 4.80. The van der Waals surface area contributed by atoms with Crippen LogP contribution in [0.5, 0.6) is 0 Å². The summed E-state index contributed by atoms with van der Waals surface area (Å²) in [4.78, 5) is 14.1. The Hall–Kier alpha value is -1.90. The summed E-state index contributed by atoms with van der Waals surface area (Å²) in [6.07, 6.45) is -2.50. The number of halogens is 3. The summed E-state index contributed by atoms with van der Waals surface area (Å²) in [6.45, 7) is 1.74.